The van der Waals surface area contributed by atoms with Crippen LogP contribution in [0.2, 0.25) is 0 Å². The highest BCUT2D eigenvalue weighted by molar-refractivity contribution is 7.13. The summed E-state index contributed by atoms with van der Waals surface area (Å²) in [5, 5.41) is 8.42. The predicted molar refractivity (Wildman–Crippen MR) is 138 cm³/mol. The van der Waals surface area contributed by atoms with Crippen molar-refractivity contribution in [3.63, 3.8) is 0 Å². The standard InChI is InChI=1S/C27H29N3OS2/c1-19-23(26(31)28-16-20-9-4-2-5-10-20)15-25(30(19)17-22-13-8-14-32-22)24-18-33-27(29-24)21-11-6-3-7-12-21/h3,6-8,11-15,18,20H,2,4-5,9-10,16-17H2,1H3,(H,28,31). The van der Waals surface area contributed by atoms with E-state index in [1.54, 1.807) is 22.7 Å². The first-order chi connectivity index (χ1) is 16.2. The molecule has 0 bridgehead atoms. The minimum absolute atomic E-state index is 0.0303. The maximum atomic E-state index is 13.2. The molecular formula is C27H29N3OS2. The molecule has 1 aromatic carbocycles. The average Bonchev–Trinajstić information content (AvgIpc) is 3.61. The maximum absolute atomic E-state index is 13.2. The summed E-state index contributed by atoms with van der Waals surface area (Å²) >= 11 is 3.38. The lowest BCUT2D eigenvalue weighted by Crippen LogP contribution is -2.30. The van der Waals surface area contributed by atoms with Gasteiger partial charge in [0.2, 0.25) is 0 Å². The third-order valence-electron chi connectivity index (χ3n) is 6.57. The molecule has 3 heterocycles. The fraction of sp³-hybridized carbons (Fsp3) is 0.333. The van der Waals surface area contributed by atoms with Crippen molar-refractivity contribution in [1.29, 1.82) is 0 Å². The van der Waals surface area contributed by atoms with Gasteiger partial charge in [0.25, 0.3) is 5.91 Å². The number of hydrogen-bond donors (Lipinski definition) is 1. The number of nitrogens with zero attached hydrogens (tertiary/aromatic N) is 2. The largest absolute Gasteiger partial charge is 0.352 e. The molecule has 1 N–H and O–H groups in total. The van der Waals surface area contributed by atoms with Gasteiger partial charge in [0.15, 0.2) is 0 Å². The Morgan fingerprint density at radius 3 is 2.67 bits per heavy atom. The summed E-state index contributed by atoms with van der Waals surface area (Å²) in [6, 6.07) is 16.5. The molecule has 1 saturated carbocycles. The molecule has 0 saturated heterocycles. The van der Waals surface area contributed by atoms with Crippen LogP contribution in [0.25, 0.3) is 22.0 Å². The third-order valence-corrected chi connectivity index (χ3v) is 8.32. The third kappa shape index (κ3) is 4.97. The molecule has 5 rings (SSSR count). The molecule has 0 radical (unpaired) electrons. The quantitative estimate of drug-likeness (QED) is 0.313. The van der Waals surface area contributed by atoms with Gasteiger partial charge in [0, 0.05) is 28.1 Å². The van der Waals surface area contributed by atoms with Crippen LogP contribution in [-0.2, 0) is 6.54 Å². The number of carbonyl (C=O) groups is 1. The normalized spacial score (nSPS) is 14.5. The lowest BCUT2D eigenvalue weighted by atomic mass is 9.89. The number of carbonyl (C=O) groups excluding carboxylic acids is 1. The van der Waals surface area contributed by atoms with E-state index >= 15 is 0 Å². The second-order valence-electron chi connectivity index (χ2n) is 8.81. The molecule has 6 heteroatoms. The minimum Gasteiger partial charge on any atom is -0.352 e. The highest BCUT2D eigenvalue weighted by Crippen LogP contribution is 2.32. The molecule has 1 fully saturated rings. The Morgan fingerprint density at radius 1 is 1.09 bits per heavy atom. The maximum Gasteiger partial charge on any atom is 0.253 e. The lowest BCUT2D eigenvalue weighted by Gasteiger charge is -2.21. The van der Waals surface area contributed by atoms with Crippen LogP contribution in [0.1, 0.15) is 53.0 Å². The number of nitrogens with one attached hydrogen (secondary N) is 1. The van der Waals surface area contributed by atoms with Gasteiger partial charge in [-0.2, -0.15) is 0 Å². The van der Waals surface area contributed by atoms with Crippen molar-refractivity contribution in [3.8, 4) is 22.0 Å². The fourth-order valence-corrected chi connectivity index (χ4v) is 6.19. The first kappa shape index (κ1) is 22.1. The summed E-state index contributed by atoms with van der Waals surface area (Å²) in [5.41, 5.74) is 4.79. The molecule has 0 atom stereocenters. The zero-order valence-electron chi connectivity index (χ0n) is 18.9. The molecule has 0 unspecified atom stereocenters. The first-order valence-electron chi connectivity index (χ1n) is 11.7. The van der Waals surface area contributed by atoms with Gasteiger partial charge in [-0.1, -0.05) is 55.7 Å². The van der Waals surface area contributed by atoms with E-state index in [4.69, 9.17) is 4.98 Å². The molecule has 170 valence electrons. The van der Waals surface area contributed by atoms with E-state index in [0.29, 0.717) is 5.92 Å². The van der Waals surface area contributed by atoms with Crippen molar-refractivity contribution in [2.45, 2.75) is 45.6 Å². The first-order valence-corrected chi connectivity index (χ1v) is 13.5. The summed E-state index contributed by atoms with van der Waals surface area (Å²) in [5.74, 6) is 0.644. The van der Waals surface area contributed by atoms with Crippen LogP contribution < -0.4 is 5.32 Å². The molecule has 0 aliphatic heterocycles. The van der Waals surface area contributed by atoms with Crippen LogP contribution in [0.5, 0.6) is 0 Å². The number of thiophene rings is 1. The van der Waals surface area contributed by atoms with Gasteiger partial charge >= 0.3 is 0 Å². The van der Waals surface area contributed by atoms with Crippen LogP contribution in [-0.4, -0.2) is 22.0 Å². The predicted octanol–water partition coefficient (Wildman–Crippen LogP) is 7.01. The van der Waals surface area contributed by atoms with Crippen molar-refractivity contribution in [1.82, 2.24) is 14.9 Å². The summed E-state index contributed by atoms with van der Waals surface area (Å²) in [7, 11) is 0. The van der Waals surface area contributed by atoms with E-state index in [9.17, 15) is 4.79 Å². The number of hydrogen-bond acceptors (Lipinski definition) is 4. The van der Waals surface area contributed by atoms with Crippen molar-refractivity contribution >= 4 is 28.6 Å². The molecule has 4 nitrogen and oxygen atoms in total. The lowest BCUT2D eigenvalue weighted by molar-refractivity contribution is 0.0943. The van der Waals surface area contributed by atoms with Crippen molar-refractivity contribution < 1.29 is 4.79 Å². The van der Waals surface area contributed by atoms with E-state index in [1.165, 1.54) is 37.0 Å². The fourth-order valence-electron chi connectivity index (χ4n) is 4.68. The Hall–Kier alpha value is -2.70. The van der Waals surface area contributed by atoms with Crippen molar-refractivity contribution in [2.75, 3.05) is 6.54 Å². The summed E-state index contributed by atoms with van der Waals surface area (Å²) in [4.78, 5) is 19.4. The van der Waals surface area contributed by atoms with Gasteiger partial charge in [-0.3, -0.25) is 4.79 Å². The van der Waals surface area contributed by atoms with E-state index in [1.807, 2.05) is 24.3 Å². The molecule has 1 amide bonds. The molecule has 4 aromatic rings. The number of amides is 1. The Labute approximate surface area is 203 Å². The van der Waals surface area contributed by atoms with Crippen LogP contribution in [0.3, 0.4) is 0 Å². The van der Waals surface area contributed by atoms with Crippen molar-refractivity contribution in [2.24, 2.45) is 5.92 Å². The summed E-state index contributed by atoms with van der Waals surface area (Å²) < 4.78 is 2.24. The number of benzene rings is 1. The van der Waals surface area contributed by atoms with Crippen LogP contribution in [0.15, 0.2) is 59.3 Å². The Bertz CT molecular complexity index is 1200. The van der Waals surface area contributed by atoms with Gasteiger partial charge in [-0.25, -0.2) is 4.98 Å². The van der Waals surface area contributed by atoms with Gasteiger partial charge in [-0.05, 0) is 43.2 Å². The Morgan fingerprint density at radius 2 is 1.91 bits per heavy atom. The van der Waals surface area contributed by atoms with Crippen LogP contribution in [0, 0.1) is 12.8 Å². The summed E-state index contributed by atoms with van der Waals surface area (Å²) in [6.07, 6.45) is 6.36. The monoisotopic (exact) mass is 475 g/mol. The number of aromatic nitrogens is 2. The van der Waals surface area contributed by atoms with Gasteiger partial charge in [-0.15, -0.1) is 22.7 Å². The van der Waals surface area contributed by atoms with E-state index < -0.39 is 0 Å². The van der Waals surface area contributed by atoms with E-state index in [0.717, 1.165) is 46.3 Å². The molecule has 33 heavy (non-hydrogen) atoms. The molecule has 3 aromatic heterocycles. The number of rotatable bonds is 7. The number of thiazole rings is 1. The van der Waals surface area contributed by atoms with Gasteiger partial charge in [0.05, 0.1) is 23.5 Å². The highest BCUT2D eigenvalue weighted by Gasteiger charge is 2.22. The second kappa shape index (κ2) is 10.1. The molecular weight excluding hydrogens is 446 g/mol. The highest BCUT2D eigenvalue weighted by atomic mass is 32.1. The van der Waals surface area contributed by atoms with Gasteiger partial charge in [0.1, 0.15) is 5.01 Å². The Balaban J connectivity index is 1.44. The Kier molecular flexibility index (Phi) is 6.74. The summed E-state index contributed by atoms with van der Waals surface area (Å²) in [6.45, 7) is 3.57. The van der Waals surface area contributed by atoms with Crippen LogP contribution >= 0.6 is 22.7 Å². The SMILES string of the molecule is Cc1c(C(=O)NCC2CCCCC2)cc(-c2csc(-c3ccccc3)n2)n1Cc1cccs1. The smallest absolute Gasteiger partial charge is 0.253 e. The van der Waals surface area contributed by atoms with E-state index in [2.05, 4.69) is 51.8 Å². The topological polar surface area (TPSA) is 46.9 Å². The average molecular weight is 476 g/mol. The molecule has 0 spiro atoms. The van der Waals surface area contributed by atoms with Crippen LogP contribution in [0.4, 0.5) is 0 Å². The van der Waals surface area contributed by atoms with E-state index in [-0.39, 0.29) is 5.91 Å². The zero-order valence-corrected chi connectivity index (χ0v) is 20.6. The second-order valence-corrected chi connectivity index (χ2v) is 10.7. The molecule has 1 aliphatic rings. The van der Waals surface area contributed by atoms with Gasteiger partial charge < -0.3 is 9.88 Å². The molecule has 1 aliphatic carbocycles. The zero-order chi connectivity index (χ0) is 22.6. The van der Waals surface area contributed by atoms with Crippen molar-refractivity contribution in [3.05, 3.63) is 75.4 Å². The minimum atomic E-state index is 0.0303.